The number of nitrogens with one attached hydrogen (secondary N) is 1. The van der Waals surface area contributed by atoms with Crippen molar-refractivity contribution >= 4 is 35.2 Å². The maximum absolute atomic E-state index is 11.8. The summed E-state index contributed by atoms with van der Waals surface area (Å²) >= 11 is 7.86. The van der Waals surface area contributed by atoms with E-state index in [0.29, 0.717) is 11.8 Å². The summed E-state index contributed by atoms with van der Waals surface area (Å²) < 4.78 is 0. The van der Waals surface area contributed by atoms with Crippen molar-refractivity contribution in [2.45, 2.75) is 23.0 Å². The van der Waals surface area contributed by atoms with Crippen LogP contribution in [0.4, 0.5) is 0 Å². The number of hydrogen-bond acceptors (Lipinski definition) is 3. The summed E-state index contributed by atoms with van der Waals surface area (Å²) in [6, 6.07) is 8.02. The molecule has 1 fully saturated rings. The third-order valence-corrected chi connectivity index (χ3v) is 5.73. The molecule has 1 N–H and O–H groups in total. The van der Waals surface area contributed by atoms with Crippen LogP contribution >= 0.6 is 23.4 Å². The third-order valence-electron chi connectivity index (χ3n) is 4.13. The SMILES string of the molecule is C=CCNC(=NCC(=O)N(C)C)N1CCC(Sc2ccc(Cl)cc2)CC1. The highest BCUT2D eigenvalue weighted by Crippen LogP contribution is 2.31. The van der Waals surface area contributed by atoms with E-state index in [0.717, 1.165) is 36.9 Å². The number of carbonyl (C=O) groups excluding carboxylic acids is 1. The molecule has 0 aliphatic carbocycles. The number of halogens is 1. The Kier molecular flexibility index (Phi) is 8.32. The molecule has 1 aromatic carbocycles. The maximum Gasteiger partial charge on any atom is 0.243 e. The molecule has 0 aromatic heterocycles. The lowest BCUT2D eigenvalue weighted by atomic mass is 10.1. The Morgan fingerprint density at radius 3 is 2.62 bits per heavy atom. The average Bonchev–Trinajstić information content (AvgIpc) is 2.64. The number of likely N-dealkylation sites (tertiary alicyclic amines) is 1. The average molecular weight is 395 g/mol. The molecule has 1 saturated heterocycles. The van der Waals surface area contributed by atoms with Crippen LogP contribution in [0.3, 0.4) is 0 Å². The van der Waals surface area contributed by atoms with Gasteiger partial charge in [0.15, 0.2) is 5.96 Å². The topological polar surface area (TPSA) is 47.9 Å². The summed E-state index contributed by atoms with van der Waals surface area (Å²) in [6.45, 7) is 6.38. The minimum Gasteiger partial charge on any atom is -0.353 e. The smallest absolute Gasteiger partial charge is 0.243 e. The molecule has 142 valence electrons. The first-order chi connectivity index (χ1) is 12.5. The molecule has 0 bridgehead atoms. The molecular weight excluding hydrogens is 368 g/mol. The number of aliphatic imine (C=N–C) groups is 1. The molecule has 1 aliphatic rings. The largest absolute Gasteiger partial charge is 0.353 e. The van der Waals surface area contributed by atoms with Gasteiger partial charge in [-0.1, -0.05) is 17.7 Å². The molecule has 1 amide bonds. The van der Waals surface area contributed by atoms with Crippen LogP contribution in [-0.2, 0) is 4.79 Å². The van der Waals surface area contributed by atoms with E-state index >= 15 is 0 Å². The number of guanidine groups is 1. The minimum atomic E-state index is -0.00363. The van der Waals surface area contributed by atoms with E-state index in [1.807, 2.05) is 23.9 Å². The summed E-state index contributed by atoms with van der Waals surface area (Å²) in [6.07, 6.45) is 3.94. The summed E-state index contributed by atoms with van der Waals surface area (Å²) in [7, 11) is 3.49. The summed E-state index contributed by atoms with van der Waals surface area (Å²) in [5, 5.41) is 4.62. The molecule has 1 heterocycles. The van der Waals surface area contributed by atoms with Gasteiger partial charge in [-0.2, -0.15) is 0 Å². The molecule has 7 heteroatoms. The molecule has 0 atom stereocenters. The number of rotatable bonds is 6. The van der Waals surface area contributed by atoms with Gasteiger partial charge < -0.3 is 15.1 Å². The Hall–Kier alpha value is -1.66. The number of carbonyl (C=O) groups is 1. The van der Waals surface area contributed by atoms with Gasteiger partial charge in [-0.25, -0.2) is 4.99 Å². The van der Waals surface area contributed by atoms with E-state index < -0.39 is 0 Å². The molecule has 5 nitrogen and oxygen atoms in total. The second kappa shape index (κ2) is 10.5. The van der Waals surface area contributed by atoms with Gasteiger partial charge in [0.2, 0.25) is 5.91 Å². The summed E-state index contributed by atoms with van der Waals surface area (Å²) in [5.74, 6) is 0.783. The second-order valence-electron chi connectivity index (χ2n) is 6.36. The monoisotopic (exact) mass is 394 g/mol. The van der Waals surface area contributed by atoms with Crippen molar-refractivity contribution in [2.24, 2.45) is 4.99 Å². The van der Waals surface area contributed by atoms with Crippen molar-refractivity contribution in [3.63, 3.8) is 0 Å². The Morgan fingerprint density at radius 2 is 2.04 bits per heavy atom. The van der Waals surface area contributed by atoms with Crippen molar-refractivity contribution in [2.75, 3.05) is 40.3 Å². The zero-order valence-electron chi connectivity index (χ0n) is 15.4. The first-order valence-corrected chi connectivity index (χ1v) is 10.0. The molecule has 0 unspecified atom stereocenters. The van der Waals surface area contributed by atoms with Crippen LogP contribution in [0.1, 0.15) is 12.8 Å². The van der Waals surface area contributed by atoms with E-state index in [1.165, 1.54) is 4.90 Å². The Balaban J connectivity index is 1.90. The van der Waals surface area contributed by atoms with Crippen LogP contribution in [0.5, 0.6) is 0 Å². The minimum absolute atomic E-state index is 0.00363. The van der Waals surface area contributed by atoms with E-state index in [2.05, 4.69) is 33.9 Å². The Morgan fingerprint density at radius 1 is 1.38 bits per heavy atom. The van der Waals surface area contributed by atoms with Crippen molar-refractivity contribution in [3.8, 4) is 0 Å². The lowest BCUT2D eigenvalue weighted by Crippen LogP contribution is -2.46. The molecule has 1 aliphatic heterocycles. The molecule has 1 aromatic rings. The fourth-order valence-electron chi connectivity index (χ4n) is 2.61. The fraction of sp³-hybridized carbons (Fsp3) is 0.474. The van der Waals surface area contributed by atoms with Crippen LogP contribution in [0.25, 0.3) is 0 Å². The lowest BCUT2D eigenvalue weighted by molar-refractivity contribution is -0.127. The van der Waals surface area contributed by atoms with Crippen LogP contribution in [-0.4, -0.2) is 67.2 Å². The van der Waals surface area contributed by atoms with Crippen molar-refractivity contribution < 1.29 is 4.79 Å². The summed E-state index contributed by atoms with van der Waals surface area (Å²) in [5.41, 5.74) is 0. The zero-order chi connectivity index (χ0) is 18.9. The van der Waals surface area contributed by atoms with Crippen LogP contribution in [0, 0.1) is 0 Å². The number of amides is 1. The van der Waals surface area contributed by atoms with Gasteiger partial charge in [0, 0.05) is 48.9 Å². The van der Waals surface area contributed by atoms with E-state index in [1.54, 1.807) is 25.1 Å². The highest BCUT2D eigenvalue weighted by molar-refractivity contribution is 8.00. The second-order valence-corrected chi connectivity index (χ2v) is 8.17. The van der Waals surface area contributed by atoms with Gasteiger partial charge in [-0.3, -0.25) is 4.79 Å². The Bertz CT molecular complexity index is 625. The van der Waals surface area contributed by atoms with Gasteiger partial charge in [-0.05, 0) is 37.1 Å². The predicted molar refractivity (Wildman–Crippen MR) is 111 cm³/mol. The first kappa shape index (κ1) is 20.6. The standard InChI is InChI=1S/C19H27ClN4OS/c1-4-11-21-19(22-14-18(25)23(2)3)24-12-9-17(10-13-24)26-16-7-5-15(20)6-8-16/h4-8,17H,1,9-14H2,2-3H3,(H,21,22). The number of thioether (sulfide) groups is 1. The van der Waals surface area contributed by atoms with E-state index in [9.17, 15) is 4.79 Å². The van der Waals surface area contributed by atoms with Crippen molar-refractivity contribution in [1.29, 1.82) is 0 Å². The van der Waals surface area contributed by atoms with Crippen molar-refractivity contribution in [3.05, 3.63) is 41.9 Å². The molecule has 0 radical (unpaired) electrons. The first-order valence-electron chi connectivity index (χ1n) is 8.76. The molecule has 0 saturated carbocycles. The number of nitrogens with zero attached hydrogens (tertiary/aromatic N) is 3. The number of likely N-dealkylation sites (N-methyl/N-ethyl adjacent to an activating group) is 1. The van der Waals surface area contributed by atoms with Gasteiger partial charge in [-0.15, -0.1) is 18.3 Å². The quantitative estimate of drug-likeness (QED) is 0.457. The lowest BCUT2D eigenvalue weighted by Gasteiger charge is -2.34. The van der Waals surface area contributed by atoms with Gasteiger partial charge >= 0.3 is 0 Å². The van der Waals surface area contributed by atoms with Crippen LogP contribution in [0.2, 0.25) is 5.02 Å². The van der Waals surface area contributed by atoms with Crippen molar-refractivity contribution in [1.82, 2.24) is 15.1 Å². The van der Waals surface area contributed by atoms with Crippen LogP contribution in [0.15, 0.2) is 46.8 Å². The molecule has 26 heavy (non-hydrogen) atoms. The fourth-order valence-corrected chi connectivity index (χ4v) is 3.86. The van der Waals surface area contributed by atoms with E-state index in [4.69, 9.17) is 11.6 Å². The number of hydrogen-bond donors (Lipinski definition) is 1. The maximum atomic E-state index is 11.8. The molecule has 2 rings (SSSR count). The highest BCUT2D eigenvalue weighted by atomic mass is 35.5. The zero-order valence-corrected chi connectivity index (χ0v) is 17.0. The van der Waals surface area contributed by atoms with Gasteiger partial charge in [0.25, 0.3) is 0 Å². The summed E-state index contributed by atoms with van der Waals surface area (Å²) in [4.78, 5) is 21.4. The van der Waals surface area contributed by atoms with Crippen LogP contribution < -0.4 is 5.32 Å². The third kappa shape index (κ3) is 6.57. The highest BCUT2D eigenvalue weighted by Gasteiger charge is 2.22. The predicted octanol–water partition coefficient (Wildman–Crippen LogP) is 3.12. The Labute approximate surface area is 165 Å². The normalized spacial score (nSPS) is 15.7. The van der Waals surface area contributed by atoms with Gasteiger partial charge in [0.1, 0.15) is 6.54 Å². The molecular formula is C19H27ClN4OS. The molecule has 0 spiro atoms. The van der Waals surface area contributed by atoms with E-state index in [-0.39, 0.29) is 12.5 Å². The number of piperidine rings is 1. The van der Waals surface area contributed by atoms with Gasteiger partial charge in [0.05, 0.1) is 0 Å². The number of benzene rings is 1.